The van der Waals surface area contributed by atoms with E-state index in [9.17, 15) is 9.59 Å². The molecular weight excluding hydrogens is 324 g/mol. The molecule has 20 heavy (non-hydrogen) atoms. The molecule has 0 atom stereocenters. The zero-order chi connectivity index (χ0) is 15.1. The molecule has 0 saturated heterocycles. The Morgan fingerprint density at radius 2 is 1.90 bits per heavy atom. The zero-order valence-corrected chi connectivity index (χ0v) is 13.2. The van der Waals surface area contributed by atoms with E-state index in [-0.39, 0.29) is 25.0 Å². The number of carbonyl (C=O) groups excluding carboxylic acids is 1. The van der Waals surface area contributed by atoms with Gasteiger partial charge in [0.25, 0.3) is 0 Å². The summed E-state index contributed by atoms with van der Waals surface area (Å²) in [5, 5.41) is 11.5. The molecular formula is C14H19BrN2O3. The van der Waals surface area contributed by atoms with Crippen molar-refractivity contribution in [1.29, 1.82) is 0 Å². The van der Waals surface area contributed by atoms with E-state index in [0.29, 0.717) is 6.54 Å². The first-order valence-corrected chi connectivity index (χ1v) is 7.20. The summed E-state index contributed by atoms with van der Waals surface area (Å²) in [6, 6.07) is 7.37. The molecule has 0 aliphatic rings. The summed E-state index contributed by atoms with van der Waals surface area (Å²) in [5.41, 5.74) is 0.989. The number of hydrogen-bond acceptors (Lipinski definition) is 2. The molecule has 6 heteroatoms. The van der Waals surface area contributed by atoms with Gasteiger partial charge in [0.1, 0.15) is 0 Å². The van der Waals surface area contributed by atoms with Crippen LogP contribution in [0.25, 0.3) is 0 Å². The second-order valence-corrected chi connectivity index (χ2v) is 5.63. The van der Waals surface area contributed by atoms with Crippen LogP contribution in [0, 0.1) is 0 Å². The van der Waals surface area contributed by atoms with Crippen LogP contribution in [0.4, 0.5) is 4.79 Å². The van der Waals surface area contributed by atoms with Gasteiger partial charge in [-0.2, -0.15) is 0 Å². The van der Waals surface area contributed by atoms with Gasteiger partial charge in [-0.1, -0.05) is 28.1 Å². The van der Waals surface area contributed by atoms with Crippen molar-refractivity contribution in [2.45, 2.75) is 32.9 Å². The van der Waals surface area contributed by atoms with Crippen LogP contribution >= 0.6 is 15.9 Å². The van der Waals surface area contributed by atoms with Gasteiger partial charge in [0.2, 0.25) is 0 Å². The monoisotopic (exact) mass is 342 g/mol. The number of halogens is 1. The molecule has 0 saturated carbocycles. The van der Waals surface area contributed by atoms with Crippen LogP contribution in [0.2, 0.25) is 0 Å². The molecule has 5 nitrogen and oxygen atoms in total. The van der Waals surface area contributed by atoms with Crippen LogP contribution in [0.3, 0.4) is 0 Å². The van der Waals surface area contributed by atoms with Gasteiger partial charge in [0.05, 0.1) is 6.42 Å². The first kappa shape index (κ1) is 16.5. The third-order valence-electron chi connectivity index (χ3n) is 2.81. The second kappa shape index (κ2) is 7.89. The first-order valence-electron chi connectivity index (χ1n) is 6.41. The predicted octanol–water partition coefficient (Wildman–Crippen LogP) is 2.84. The van der Waals surface area contributed by atoms with Gasteiger partial charge in [-0.15, -0.1) is 0 Å². The standard InChI is InChI=1S/C14H19BrN2O3/c1-10(2)17(8-7-13(18)19)14(20)16-9-11-3-5-12(15)6-4-11/h3-6,10H,7-9H2,1-2H3,(H,16,20)(H,18,19). The Labute approximate surface area is 127 Å². The maximum absolute atomic E-state index is 12.1. The average molecular weight is 343 g/mol. The molecule has 110 valence electrons. The number of nitrogens with one attached hydrogen (secondary N) is 1. The van der Waals surface area contributed by atoms with Crippen molar-refractivity contribution in [2.24, 2.45) is 0 Å². The number of urea groups is 1. The summed E-state index contributed by atoms with van der Waals surface area (Å²) in [4.78, 5) is 24.2. The highest BCUT2D eigenvalue weighted by molar-refractivity contribution is 9.10. The van der Waals surface area contributed by atoms with E-state index in [0.717, 1.165) is 10.0 Å². The highest BCUT2D eigenvalue weighted by atomic mass is 79.9. The van der Waals surface area contributed by atoms with E-state index in [1.807, 2.05) is 38.1 Å². The lowest BCUT2D eigenvalue weighted by atomic mass is 10.2. The molecule has 0 bridgehead atoms. The van der Waals surface area contributed by atoms with Gasteiger partial charge in [-0.05, 0) is 31.5 Å². The molecule has 2 amide bonds. The zero-order valence-electron chi connectivity index (χ0n) is 11.6. The van der Waals surface area contributed by atoms with E-state index in [1.165, 1.54) is 4.90 Å². The van der Waals surface area contributed by atoms with Gasteiger partial charge in [0, 0.05) is 23.6 Å². The van der Waals surface area contributed by atoms with Crippen molar-refractivity contribution in [3.8, 4) is 0 Å². The molecule has 0 spiro atoms. The lowest BCUT2D eigenvalue weighted by Gasteiger charge is -2.26. The van der Waals surface area contributed by atoms with Crippen molar-refractivity contribution in [1.82, 2.24) is 10.2 Å². The molecule has 0 radical (unpaired) electrons. The quantitative estimate of drug-likeness (QED) is 0.835. The number of aliphatic carboxylic acids is 1. The molecule has 1 aromatic rings. The fourth-order valence-corrected chi connectivity index (χ4v) is 1.96. The molecule has 0 aliphatic heterocycles. The number of benzene rings is 1. The van der Waals surface area contributed by atoms with Crippen molar-refractivity contribution < 1.29 is 14.7 Å². The van der Waals surface area contributed by atoms with E-state index in [1.54, 1.807) is 0 Å². The Morgan fingerprint density at radius 3 is 2.40 bits per heavy atom. The number of rotatable bonds is 6. The lowest BCUT2D eigenvalue weighted by molar-refractivity contribution is -0.137. The van der Waals surface area contributed by atoms with Crippen LogP contribution in [0.1, 0.15) is 25.8 Å². The third-order valence-corrected chi connectivity index (χ3v) is 3.34. The molecule has 0 fully saturated rings. The Bertz CT molecular complexity index is 460. The van der Waals surface area contributed by atoms with Gasteiger partial charge in [-0.25, -0.2) is 4.79 Å². The van der Waals surface area contributed by atoms with E-state index in [2.05, 4.69) is 21.2 Å². The molecule has 1 aromatic carbocycles. The smallest absolute Gasteiger partial charge is 0.317 e. The van der Waals surface area contributed by atoms with Crippen molar-refractivity contribution in [2.75, 3.05) is 6.54 Å². The topological polar surface area (TPSA) is 69.6 Å². The minimum absolute atomic E-state index is 0.0423. The van der Waals surface area contributed by atoms with E-state index < -0.39 is 5.97 Å². The maximum atomic E-state index is 12.1. The average Bonchev–Trinajstić information content (AvgIpc) is 2.37. The largest absolute Gasteiger partial charge is 0.481 e. The minimum atomic E-state index is -0.906. The third kappa shape index (κ3) is 5.61. The van der Waals surface area contributed by atoms with Gasteiger partial charge < -0.3 is 15.3 Å². The van der Waals surface area contributed by atoms with Gasteiger partial charge in [-0.3, -0.25) is 4.79 Å². The van der Waals surface area contributed by atoms with E-state index in [4.69, 9.17) is 5.11 Å². The summed E-state index contributed by atoms with van der Waals surface area (Å²) in [5.74, 6) is -0.906. The number of nitrogens with zero attached hydrogens (tertiary/aromatic N) is 1. The van der Waals surface area contributed by atoms with Gasteiger partial charge in [0.15, 0.2) is 0 Å². The van der Waals surface area contributed by atoms with Crippen LogP contribution < -0.4 is 5.32 Å². The molecule has 1 rings (SSSR count). The summed E-state index contributed by atoms with van der Waals surface area (Å²) < 4.78 is 0.984. The lowest BCUT2D eigenvalue weighted by Crippen LogP contribution is -2.44. The minimum Gasteiger partial charge on any atom is -0.481 e. The van der Waals surface area contributed by atoms with Crippen LogP contribution in [-0.4, -0.2) is 34.6 Å². The van der Waals surface area contributed by atoms with Crippen LogP contribution in [-0.2, 0) is 11.3 Å². The first-order chi connectivity index (χ1) is 9.40. The molecule has 0 unspecified atom stereocenters. The Balaban J connectivity index is 2.53. The fourth-order valence-electron chi connectivity index (χ4n) is 1.69. The summed E-state index contributed by atoms with van der Waals surface area (Å²) >= 11 is 3.35. The molecule has 0 heterocycles. The van der Waals surface area contributed by atoms with E-state index >= 15 is 0 Å². The van der Waals surface area contributed by atoms with Crippen LogP contribution in [0.15, 0.2) is 28.7 Å². The maximum Gasteiger partial charge on any atom is 0.317 e. The number of amides is 2. The Hall–Kier alpha value is -1.56. The highest BCUT2D eigenvalue weighted by Gasteiger charge is 2.17. The SMILES string of the molecule is CC(C)N(CCC(=O)O)C(=O)NCc1ccc(Br)cc1. The fraction of sp³-hybridized carbons (Fsp3) is 0.429. The Kier molecular flexibility index (Phi) is 6.51. The van der Waals surface area contributed by atoms with Crippen molar-refractivity contribution in [3.63, 3.8) is 0 Å². The summed E-state index contributed by atoms with van der Waals surface area (Å²) in [6.45, 7) is 4.35. The molecule has 0 aromatic heterocycles. The number of hydrogen-bond donors (Lipinski definition) is 2. The number of carboxylic acid groups (broad SMARTS) is 1. The van der Waals surface area contributed by atoms with Crippen molar-refractivity contribution >= 4 is 27.9 Å². The highest BCUT2D eigenvalue weighted by Crippen LogP contribution is 2.10. The summed E-state index contributed by atoms with van der Waals surface area (Å²) in [6.07, 6.45) is -0.0517. The molecule has 0 aliphatic carbocycles. The predicted molar refractivity (Wildman–Crippen MR) is 80.5 cm³/mol. The molecule has 2 N–H and O–H groups in total. The summed E-state index contributed by atoms with van der Waals surface area (Å²) in [7, 11) is 0. The van der Waals surface area contributed by atoms with Crippen molar-refractivity contribution in [3.05, 3.63) is 34.3 Å². The Morgan fingerprint density at radius 1 is 1.30 bits per heavy atom. The number of carboxylic acids is 1. The van der Waals surface area contributed by atoms with Crippen LogP contribution in [0.5, 0.6) is 0 Å². The van der Waals surface area contributed by atoms with Gasteiger partial charge >= 0.3 is 12.0 Å². The second-order valence-electron chi connectivity index (χ2n) is 4.72. The normalized spacial score (nSPS) is 10.4. The number of carbonyl (C=O) groups is 2.